The van der Waals surface area contributed by atoms with Crippen LogP contribution in [0.25, 0.3) is 0 Å². The van der Waals surface area contributed by atoms with E-state index in [1.54, 1.807) is 7.11 Å². The summed E-state index contributed by atoms with van der Waals surface area (Å²) in [5, 5.41) is 3.38. The Balaban J connectivity index is 2.73. The minimum absolute atomic E-state index is 0.301. The third-order valence-corrected chi connectivity index (χ3v) is 2.42. The van der Waals surface area contributed by atoms with Crippen molar-refractivity contribution >= 4 is 5.95 Å². The molecule has 90 valence electrons. The van der Waals surface area contributed by atoms with E-state index < -0.39 is 0 Å². The predicted octanol–water partition coefficient (Wildman–Crippen LogP) is 2.21. The van der Waals surface area contributed by atoms with Crippen molar-refractivity contribution in [1.82, 2.24) is 9.55 Å². The molecule has 1 unspecified atom stereocenters. The maximum atomic E-state index is 5.15. The van der Waals surface area contributed by atoms with Gasteiger partial charge in [-0.25, -0.2) is 4.98 Å². The normalized spacial score (nSPS) is 12.4. The molecule has 0 amide bonds. The van der Waals surface area contributed by atoms with Gasteiger partial charge in [0.2, 0.25) is 5.95 Å². The number of imidazole rings is 1. The van der Waals surface area contributed by atoms with Gasteiger partial charge in [0.1, 0.15) is 0 Å². The first kappa shape index (κ1) is 12.8. The third-order valence-electron chi connectivity index (χ3n) is 2.42. The lowest BCUT2D eigenvalue weighted by Crippen LogP contribution is -2.25. The number of anilines is 1. The highest BCUT2D eigenvalue weighted by molar-refractivity contribution is 5.30. The quantitative estimate of drug-likeness (QED) is 0.720. The van der Waals surface area contributed by atoms with Gasteiger partial charge in [0.25, 0.3) is 0 Å². The minimum Gasteiger partial charge on any atom is -0.383 e. The summed E-state index contributed by atoms with van der Waals surface area (Å²) in [6, 6.07) is 0.301. The fourth-order valence-corrected chi connectivity index (χ4v) is 1.59. The van der Waals surface area contributed by atoms with E-state index in [0.717, 1.165) is 24.6 Å². The number of aryl methyl sites for hydroxylation is 1. The van der Waals surface area contributed by atoms with E-state index >= 15 is 0 Å². The van der Waals surface area contributed by atoms with E-state index in [1.807, 2.05) is 19.2 Å². The number of methoxy groups -OCH3 is 1. The van der Waals surface area contributed by atoms with Gasteiger partial charge in [-0.05, 0) is 13.3 Å². The summed E-state index contributed by atoms with van der Waals surface area (Å²) in [7, 11) is 1.71. The molecule has 4 nitrogen and oxygen atoms in total. The zero-order chi connectivity index (χ0) is 12.0. The van der Waals surface area contributed by atoms with Crippen LogP contribution in [0.2, 0.25) is 0 Å². The number of aromatic nitrogens is 2. The van der Waals surface area contributed by atoms with E-state index in [-0.39, 0.29) is 0 Å². The number of hydrogen-bond donors (Lipinski definition) is 1. The fourth-order valence-electron chi connectivity index (χ4n) is 1.59. The van der Waals surface area contributed by atoms with Crippen molar-refractivity contribution in [2.75, 3.05) is 19.0 Å². The maximum absolute atomic E-state index is 5.15. The van der Waals surface area contributed by atoms with Crippen LogP contribution in [0.15, 0.2) is 18.9 Å². The average Bonchev–Trinajstić information content (AvgIpc) is 2.59. The Morgan fingerprint density at radius 2 is 2.44 bits per heavy atom. The number of allylic oxidation sites excluding steroid dienone is 1. The molecule has 0 aromatic carbocycles. The van der Waals surface area contributed by atoms with Crippen molar-refractivity contribution in [3.63, 3.8) is 0 Å². The van der Waals surface area contributed by atoms with Gasteiger partial charge in [-0.1, -0.05) is 13.0 Å². The molecular weight excluding hydrogens is 202 g/mol. The van der Waals surface area contributed by atoms with E-state index in [0.29, 0.717) is 12.6 Å². The van der Waals surface area contributed by atoms with Crippen LogP contribution in [0, 0.1) is 6.92 Å². The highest BCUT2D eigenvalue weighted by Crippen LogP contribution is 2.11. The lowest BCUT2D eigenvalue weighted by molar-refractivity contribution is 0.184. The minimum atomic E-state index is 0.301. The average molecular weight is 223 g/mol. The second-order valence-corrected chi connectivity index (χ2v) is 3.85. The van der Waals surface area contributed by atoms with E-state index in [9.17, 15) is 0 Å². The summed E-state index contributed by atoms with van der Waals surface area (Å²) in [5.41, 5.74) is 1.01. The van der Waals surface area contributed by atoms with Crippen LogP contribution in [0.4, 0.5) is 5.95 Å². The summed E-state index contributed by atoms with van der Waals surface area (Å²) < 4.78 is 7.21. The van der Waals surface area contributed by atoms with Crippen molar-refractivity contribution in [2.24, 2.45) is 0 Å². The van der Waals surface area contributed by atoms with Gasteiger partial charge in [-0.3, -0.25) is 0 Å². The topological polar surface area (TPSA) is 39.1 Å². The molecule has 1 N–H and O–H groups in total. The van der Waals surface area contributed by atoms with Gasteiger partial charge < -0.3 is 14.6 Å². The third kappa shape index (κ3) is 3.38. The summed E-state index contributed by atoms with van der Waals surface area (Å²) in [6.07, 6.45) is 4.89. The Labute approximate surface area is 97.3 Å². The van der Waals surface area contributed by atoms with Crippen LogP contribution in [0.1, 0.15) is 19.0 Å². The monoisotopic (exact) mass is 223 g/mol. The largest absolute Gasteiger partial charge is 0.383 e. The zero-order valence-corrected chi connectivity index (χ0v) is 10.4. The molecule has 0 bridgehead atoms. The van der Waals surface area contributed by atoms with Crippen LogP contribution in [-0.2, 0) is 11.3 Å². The molecule has 0 saturated carbocycles. The van der Waals surface area contributed by atoms with Crippen LogP contribution in [-0.4, -0.2) is 29.3 Å². The van der Waals surface area contributed by atoms with Crippen molar-refractivity contribution in [3.05, 3.63) is 24.5 Å². The van der Waals surface area contributed by atoms with E-state index in [4.69, 9.17) is 4.74 Å². The van der Waals surface area contributed by atoms with Crippen LogP contribution < -0.4 is 5.32 Å². The van der Waals surface area contributed by atoms with Gasteiger partial charge in [-0.15, -0.1) is 6.58 Å². The Morgan fingerprint density at radius 1 is 1.69 bits per heavy atom. The first-order valence-electron chi connectivity index (χ1n) is 5.61. The number of rotatable bonds is 7. The van der Waals surface area contributed by atoms with Crippen molar-refractivity contribution in [2.45, 2.75) is 32.9 Å². The molecule has 0 aliphatic heterocycles. The molecule has 0 aliphatic rings. The molecule has 0 aliphatic carbocycles. The Bertz CT molecular complexity index is 333. The molecule has 0 saturated heterocycles. The van der Waals surface area contributed by atoms with Crippen molar-refractivity contribution < 1.29 is 4.74 Å². The van der Waals surface area contributed by atoms with Gasteiger partial charge in [0.15, 0.2) is 0 Å². The smallest absolute Gasteiger partial charge is 0.203 e. The summed E-state index contributed by atoms with van der Waals surface area (Å²) in [4.78, 5) is 4.45. The second kappa shape index (κ2) is 6.33. The summed E-state index contributed by atoms with van der Waals surface area (Å²) >= 11 is 0. The number of hydrogen-bond acceptors (Lipinski definition) is 3. The lowest BCUT2D eigenvalue weighted by atomic mass is 10.2. The Kier molecular flexibility index (Phi) is 5.05. The van der Waals surface area contributed by atoms with E-state index in [1.165, 1.54) is 0 Å². The molecule has 1 aromatic heterocycles. The van der Waals surface area contributed by atoms with Crippen molar-refractivity contribution in [3.8, 4) is 0 Å². The maximum Gasteiger partial charge on any atom is 0.203 e. The first-order valence-corrected chi connectivity index (χ1v) is 5.61. The van der Waals surface area contributed by atoms with Gasteiger partial charge in [-0.2, -0.15) is 0 Å². The molecule has 4 heteroatoms. The van der Waals surface area contributed by atoms with Gasteiger partial charge in [0, 0.05) is 19.9 Å². The number of ether oxygens (including phenoxy) is 1. The molecule has 16 heavy (non-hydrogen) atoms. The number of nitrogens with one attached hydrogen (secondary N) is 1. The van der Waals surface area contributed by atoms with Gasteiger partial charge >= 0.3 is 0 Å². The Morgan fingerprint density at radius 3 is 3.00 bits per heavy atom. The summed E-state index contributed by atoms with van der Waals surface area (Å²) in [5.74, 6) is 0.890. The van der Waals surface area contributed by atoms with Crippen LogP contribution in [0.3, 0.4) is 0 Å². The highest BCUT2D eigenvalue weighted by atomic mass is 16.5. The lowest BCUT2D eigenvalue weighted by Gasteiger charge is -2.17. The molecule has 1 heterocycles. The molecule has 0 radical (unpaired) electrons. The molecule has 0 fully saturated rings. The van der Waals surface area contributed by atoms with Gasteiger partial charge in [0.05, 0.1) is 18.3 Å². The second-order valence-electron chi connectivity index (χ2n) is 3.85. The summed E-state index contributed by atoms with van der Waals surface area (Å²) in [6.45, 7) is 9.32. The predicted molar refractivity (Wildman–Crippen MR) is 66.7 cm³/mol. The zero-order valence-electron chi connectivity index (χ0n) is 10.4. The van der Waals surface area contributed by atoms with E-state index in [2.05, 4.69) is 28.4 Å². The first-order chi connectivity index (χ1) is 7.71. The van der Waals surface area contributed by atoms with Crippen LogP contribution >= 0.6 is 0 Å². The fraction of sp³-hybridized carbons (Fsp3) is 0.583. The molecular formula is C12H21N3O. The Hall–Kier alpha value is -1.29. The SMILES string of the molecule is C=CCn1cc(C)nc1NC(CC)COC. The van der Waals surface area contributed by atoms with Crippen LogP contribution in [0.5, 0.6) is 0 Å². The molecule has 1 aromatic rings. The highest BCUT2D eigenvalue weighted by Gasteiger charge is 2.10. The molecule has 0 spiro atoms. The number of nitrogens with zero attached hydrogens (tertiary/aromatic N) is 2. The molecule has 1 rings (SSSR count). The molecule has 1 atom stereocenters. The standard InChI is InChI=1S/C12H21N3O/c1-5-7-15-8-10(3)13-12(15)14-11(6-2)9-16-4/h5,8,11H,1,6-7,9H2,2-4H3,(H,13,14). The van der Waals surface area contributed by atoms with Crippen molar-refractivity contribution in [1.29, 1.82) is 0 Å².